The van der Waals surface area contributed by atoms with Crippen LogP contribution in [0.3, 0.4) is 0 Å². The summed E-state index contributed by atoms with van der Waals surface area (Å²) in [6.45, 7) is 1.99. The summed E-state index contributed by atoms with van der Waals surface area (Å²) in [4.78, 5) is 65.9. The van der Waals surface area contributed by atoms with Crippen molar-refractivity contribution < 1.29 is 29.3 Å². The molecule has 0 bridgehead atoms. The first-order valence-corrected chi connectivity index (χ1v) is 10.2. The van der Waals surface area contributed by atoms with E-state index in [9.17, 15) is 50.0 Å². The first-order valence-electron chi connectivity index (χ1n) is 8.56. The monoisotopic (exact) mass is 496 g/mol. The first kappa shape index (κ1) is 25.3. The molecule has 0 radical (unpaired) electrons. The van der Waals surface area contributed by atoms with Gasteiger partial charge in [0.15, 0.2) is 15.6 Å². The van der Waals surface area contributed by atoms with Gasteiger partial charge in [0.05, 0.1) is 41.6 Å². The highest BCUT2D eigenvalue weighted by molar-refractivity contribution is 8.20. The standard InChI is InChI=1S/C17H12N4O10S2/c1-9(22)17(10(2)23,32-15-5-3-11(18(24)25)7-13(15)20(28)29)33-16-6-4-12(19(26)27)8-14(16)21(30)31/h3-8H,1-2H3. The van der Waals surface area contributed by atoms with E-state index in [2.05, 4.69) is 0 Å². The van der Waals surface area contributed by atoms with Gasteiger partial charge in [-0.05, 0) is 26.0 Å². The Morgan fingerprint density at radius 2 is 1.00 bits per heavy atom. The highest BCUT2D eigenvalue weighted by Gasteiger charge is 2.46. The number of non-ortho nitro benzene ring substituents is 2. The van der Waals surface area contributed by atoms with Gasteiger partial charge < -0.3 is 0 Å². The van der Waals surface area contributed by atoms with Gasteiger partial charge in [0.1, 0.15) is 0 Å². The molecule has 0 aliphatic heterocycles. The van der Waals surface area contributed by atoms with Crippen molar-refractivity contribution in [1.29, 1.82) is 0 Å². The van der Waals surface area contributed by atoms with E-state index < -0.39 is 58.1 Å². The Bertz CT molecular complexity index is 1120. The van der Waals surface area contributed by atoms with Crippen LogP contribution in [0.4, 0.5) is 22.7 Å². The number of benzene rings is 2. The van der Waals surface area contributed by atoms with Crippen LogP contribution in [0.2, 0.25) is 0 Å². The zero-order valence-corrected chi connectivity index (χ0v) is 18.3. The Morgan fingerprint density at radius 3 is 1.24 bits per heavy atom. The Labute approximate surface area is 191 Å². The molecule has 0 saturated carbocycles. The zero-order valence-electron chi connectivity index (χ0n) is 16.7. The molecule has 0 spiro atoms. The number of hydrogen-bond acceptors (Lipinski definition) is 12. The van der Waals surface area contributed by atoms with Crippen molar-refractivity contribution in [3.8, 4) is 0 Å². The van der Waals surface area contributed by atoms with Gasteiger partial charge in [-0.1, -0.05) is 23.5 Å². The molecular formula is C17H12N4O10S2. The molecule has 0 aliphatic carbocycles. The highest BCUT2D eigenvalue weighted by Crippen LogP contribution is 2.51. The molecule has 2 aromatic carbocycles. The Morgan fingerprint density at radius 1 is 0.667 bits per heavy atom. The van der Waals surface area contributed by atoms with E-state index in [-0.39, 0.29) is 9.79 Å². The van der Waals surface area contributed by atoms with Gasteiger partial charge in [-0.2, -0.15) is 0 Å². The third kappa shape index (κ3) is 5.29. The molecule has 0 N–H and O–H groups in total. The predicted octanol–water partition coefficient (Wildman–Crippen LogP) is 4.08. The van der Waals surface area contributed by atoms with E-state index in [4.69, 9.17) is 0 Å². The van der Waals surface area contributed by atoms with E-state index in [1.165, 1.54) is 0 Å². The fraction of sp³-hybridized carbons (Fsp3) is 0.176. The molecule has 0 atom stereocenters. The van der Waals surface area contributed by atoms with Crippen LogP contribution >= 0.6 is 23.5 Å². The minimum absolute atomic E-state index is 0.270. The number of Topliss-reactive ketones (excluding diaryl/α,β-unsaturated/α-hetero) is 2. The summed E-state index contributed by atoms with van der Waals surface area (Å²) >= 11 is 0.793. The summed E-state index contributed by atoms with van der Waals surface area (Å²) in [7, 11) is 0. The van der Waals surface area contributed by atoms with Gasteiger partial charge in [0.25, 0.3) is 22.7 Å². The summed E-state index contributed by atoms with van der Waals surface area (Å²) in [5, 5.41) is 44.8. The van der Waals surface area contributed by atoms with Crippen molar-refractivity contribution in [3.05, 3.63) is 76.9 Å². The van der Waals surface area contributed by atoms with E-state index in [1.54, 1.807) is 0 Å². The number of rotatable bonds is 10. The molecule has 0 unspecified atom stereocenters. The number of hydrogen-bond donors (Lipinski definition) is 0. The number of carbonyl (C=O) groups excluding carboxylic acids is 2. The first-order chi connectivity index (χ1) is 15.3. The topological polar surface area (TPSA) is 207 Å². The van der Waals surface area contributed by atoms with Gasteiger partial charge in [-0.15, -0.1) is 0 Å². The third-order valence-corrected chi connectivity index (χ3v) is 7.49. The van der Waals surface area contributed by atoms with Crippen LogP contribution < -0.4 is 0 Å². The lowest BCUT2D eigenvalue weighted by molar-refractivity contribution is -0.396. The number of nitrogens with zero attached hydrogens (tertiary/aromatic N) is 4. The number of nitro groups is 4. The Balaban J connectivity index is 2.68. The van der Waals surface area contributed by atoms with Crippen molar-refractivity contribution in [2.24, 2.45) is 0 Å². The fourth-order valence-corrected chi connectivity index (χ4v) is 5.21. The second-order valence-electron chi connectivity index (χ2n) is 6.27. The maximum absolute atomic E-state index is 12.6. The molecule has 16 heteroatoms. The average molecular weight is 496 g/mol. The highest BCUT2D eigenvalue weighted by atomic mass is 32.2. The second kappa shape index (κ2) is 9.70. The van der Waals surface area contributed by atoms with Crippen LogP contribution in [0.5, 0.6) is 0 Å². The van der Waals surface area contributed by atoms with Crippen molar-refractivity contribution in [3.63, 3.8) is 0 Å². The molecular weight excluding hydrogens is 484 g/mol. The molecule has 33 heavy (non-hydrogen) atoms. The average Bonchev–Trinajstić information content (AvgIpc) is 2.72. The van der Waals surface area contributed by atoms with Gasteiger partial charge in [-0.25, -0.2) is 0 Å². The second-order valence-corrected chi connectivity index (χ2v) is 9.04. The summed E-state index contributed by atoms with van der Waals surface area (Å²) in [6, 6.07) is 5.19. The minimum atomic E-state index is -2.16. The van der Waals surface area contributed by atoms with Crippen LogP contribution in [-0.4, -0.2) is 35.3 Å². The fourth-order valence-electron chi connectivity index (χ4n) is 2.56. The molecule has 2 rings (SSSR count). The molecule has 0 amide bonds. The predicted molar refractivity (Wildman–Crippen MR) is 115 cm³/mol. The van der Waals surface area contributed by atoms with Crippen molar-refractivity contribution >= 4 is 57.8 Å². The number of carbonyl (C=O) groups is 2. The quantitative estimate of drug-likeness (QED) is 0.150. The summed E-state index contributed by atoms with van der Waals surface area (Å²) in [5.41, 5.74) is -2.69. The maximum atomic E-state index is 12.6. The molecule has 0 aromatic heterocycles. The normalized spacial score (nSPS) is 11.0. The molecule has 0 saturated heterocycles. The van der Waals surface area contributed by atoms with E-state index in [1.807, 2.05) is 0 Å². The van der Waals surface area contributed by atoms with Crippen LogP contribution in [0.25, 0.3) is 0 Å². The lowest BCUT2D eigenvalue weighted by atomic mass is 10.2. The van der Waals surface area contributed by atoms with Crippen molar-refractivity contribution in [1.82, 2.24) is 0 Å². The van der Waals surface area contributed by atoms with E-state index in [0.29, 0.717) is 35.7 Å². The van der Waals surface area contributed by atoms with Crippen molar-refractivity contribution in [2.45, 2.75) is 27.7 Å². The summed E-state index contributed by atoms with van der Waals surface area (Å²) in [5.74, 6) is -1.66. The van der Waals surface area contributed by atoms with Gasteiger partial charge in [0, 0.05) is 12.1 Å². The summed E-state index contributed by atoms with van der Waals surface area (Å²) < 4.78 is -2.16. The molecule has 0 aliphatic rings. The molecule has 0 heterocycles. The zero-order chi connectivity index (χ0) is 25.1. The van der Waals surface area contributed by atoms with Gasteiger partial charge in [0.2, 0.25) is 0 Å². The largest absolute Gasteiger partial charge is 0.297 e. The molecule has 14 nitrogen and oxygen atoms in total. The minimum Gasteiger partial charge on any atom is -0.297 e. The lowest BCUT2D eigenvalue weighted by Gasteiger charge is -2.27. The number of nitro benzene ring substituents is 4. The third-order valence-electron chi connectivity index (χ3n) is 4.13. The molecule has 172 valence electrons. The lowest BCUT2D eigenvalue weighted by Crippen LogP contribution is -2.37. The van der Waals surface area contributed by atoms with Crippen LogP contribution in [0.15, 0.2) is 46.2 Å². The van der Waals surface area contributed by atoms with Crippen LogP contribution in [0, 0.1) is 40.5 Å². The molecule has 0 fully saturated rings. The molecule has 2 aromatic rings. The van der Waals surface area contributed by atoms with Crippen molar-refractivity contribution in [2.75, 3.05) is 0 Å². The van der Waals surface area contributed by atoms with E-state index >= 15 is 0 Å². The maximum Gasteiger partial charge on any atom is 0.289 e. The number of thioether (sulfide) groups is 2. The smallest absolute Gasteiger partial charge is 0.289 e. The Hall–Kier alpha value is -3.92. The van der Waals surface area contributed by atoms with E-state index in [0.717, 1.165) is 38.1 Å². The summed E-state index contributed by atoms with van der Waals surface area (Å²) in [6.07, 6.45) is 0. The van der Waals surface area contributed by atoms with Gasteiger partial charge >= 0.3 is 0 Å². The SMILES string of the molecule is CC(=O)C(Sc1ccc([N+](=O)[O-])cc1[N+](=O)[O-])(Sc1ccc([N+](=O)[O-])cc1[N+](=O)[O-])C(C)=O. The van der Waals surface area contributed by atoms with Gasteiger partial charge in [-0.3, -0.25) is 50.0 Å². The van der Waals surface area contributed by atoms with Crippen LogP contribution in [0.1, 0.15) is 13.8 Å². The number of ketones is 2. The Kier molecular flexibility index (Phi) is 7.45. The van der Waals surface area contributed by atoms with Crippen LogP contribution in [-0.2, 0) is 9.59 Å².